The molecule has 1 aromatic rings. The highest BCUT2D eigenvalue weighted by molar-refractivity contribution is 5.43. The van der Waals surface area contributed by atoms with Crippen LogP contribution in [0.5, 0.6) is 11.5 Å². The Kier molecular flexibility index (Phi) is 1.72. The number of hydrogen-bond donors (Lipinski definition) is 3. The van der Waals surface area contributed by atoms with Gasteiger partial charge in [-0.05, 0) is 12.1 Å². The monoisotopic (exact) mass is 207 g/mol. The third-order valence-corrected chi connectivity index (χ3v) is 3.14. The van der Waals surface area contributed by atoms with Gasteiger partial charge in [0.05, 0.1) is 6.10 Å². The van der Waals surface area contributed by atoms with Gasteiger partial charge in [0.15, 0.2) is 0 Å². The molecule has 0 radical (unpaired) electrons. The number of aliphatic hydroxyl groups excluding tert-OH is 1. The van der Waals surface area contributed by atoms with Crippen molar-refractivity contribution < 1.29 is 14.9 Å². The van der Waals surface area contributed by atoms with Gasteiger partial charge in [0, 0.05) is 31.1 Å². The zero-order valence-electron chi connectivity index (χ0n) is 8.23. The van der Waals surface area contributed by atoms with Crippen molar-refractivity contribution in [1.29, 1.82) is 0 Å². The molecule has 0 amide bonds. The van der Waals surface area contributed by atoms with Crippen molar-refractivity contribution in [3.8, 4) is 11.5 Å². The van der Waals surface area contributed by atoms with Gasteiger partial charge in [0.1, 0.15) is 17.1 Å². The Balaban J connectivity index is 2.01. The lowest BCUT2D eigenvalue weighted by molar-refractivity contribution is -0.0483. The SMILES string of the molecule is Oc1ccc2c(c1)OC1(CNC1)CC2O. The number of aliphatic hydroxyl groups is 1. The van der Waals surface area contributed by atoms with Gasteiger partial charge in [-0.25, -0.2) is 0 Å². The summed E-state index contributed by atoms with van der Waals surface area (Å²) in [5.74, 6) is 0.778. The van der Waals surface area contributed by atoms with Crippen molar-refractivity contribution in [2.75, 3.05) is 13.1 Å². The van der Waals surface area contributed by atoms with Gasteiger partial charge in [-0.1, -0.05) is 0 Å². The van der Waals surface area contributed by atoms with E-state index in [9.17, 15) is 10.2 Å². The van der Waals surface area contributed by atoms with Crippen molar-refractivity contribution in [1.82, 2.24) is 5.32 Å². The molecule has 1 aromatic carbocycles. The average molecular weight is 207 g/mol. The molecule has 2 aliphatic rings. The minimum Gasteiger partial charge on any atom is -0.508 e. The minimum atomic E-state index is -0.489. The fourth-order valence-corrected chi connectivity index (χ4v) is 2.24. The van der Waals surface area contributed by atoms with E-state index in [0.29, 0.717) is 12.2 Å². The number of aromatic hydroxyl groups is 1. The zero-order chi connectivity index (χ0) is 10.5. The van der Waals surface area contributed by atoms with Crippen molar-refractivity contribution in [2.24, 2.45) is 0 Å². The van der Waals surface area contributed by atoms with E-state index in [-0.39, 0.29) is 11.4 Å². The standard InChI is InChI=1S/C11H13NO3/c13-7-1-2-8-9(14)4-11(5-12-6-11)15-10(8)3-7/h1-3,9,12-14H,4-6H2. The summed E-state index contributed by atoms with van der Waals surface area (Å²) in [4.78, 5) is 0. The Bertz CT molecular complexity index is 401. The van der Waals surface area contributed by atoms with Gasteiger partial charge in [0.2, 0.25) is 0 Å². The average Bonchev–Trinajstić information content (AvgIpc) is 2.14. The Labute approximate surface area is 87.5 Å². The van der Waals surface area contributed by atoms with Crippen LogP contribution < -0.4 is 10.1 Å². The van der Waals surface area contributed by atoms with Crippen molar-refractivity contribution in [3.05, 3.63) is 23.8 Å². The first-order valence-electron chi connectivity index (χ1n) is 5.09. The maximum atomic E-state index is 9.96. The molecule has 80 valence electrons. The molecule has 0 bridgehead atoms. The highest BCUT2D eigenvalue weighted by Crippen LogP contribution is 2.42. The van der Waals surface area contributed by atoms with E-state index in [4.69, 9.17) is 4.74 Å². The molecule has 1 spiro atoms. The predicted octanol–water partition coefficient (Wildman–Crippen LogP) is 0.550. The largest absolute Gasteiger partial charge is 0.508 e. The maximum Gasteiger partial charge on any atom is 0.136 e. The van der Waals surface area contributed by atoms with Crippen LogP contribution in [0.15, 0.2) is 18.2 Å². The van der Waals surface area contributed by atoms with E-state index in [2.05, 4.69) is 5.32 Å². The molecule has 3 N–H and O–H groups in total. The van der Waals surface area contributed by atoms with Gasteiger partial charge in [-0.3, -0.25) is 0 Å². The number of phenols is 1. The third-order valence-electron chi connectivity index (χ3n) is 3.14. The van der Waals surface area contributed by atoms with Crippen molar-refractivity contribution in [3.63, 3.8) is 0 Å². The van der Waals surface area contributed by atoms with Crippen LogP contribution in [0.1, 0.15) is 18.1 Å². The van der Waals surface area contributed by atoms with Crippen LogP contribution in [0.3, 0.4) is 0 Å². The predicted molar refractivity (Wildman–Crippen MR) is 53.9 cm³/mol. The van der Waals surface area contributed by atoms with Crippen molar-refractivity contribution in [2.45, 2.75) is 18.1 Å². The van der Waals surface area contributed by atoms with Crippen LogP contribution in [0, 0.1) is 0 Å². The van der Waals surface area contributed by atoms with Crippen LogP contribution in [0.25, 0.3) is 0 Å². The molecule has 3 rings (SSSR count). The maximum absolute atomic E-state index is 9.96. The Morgan fingerprint density at radius 3 is 2.87 bits per heavy atom. The number of hydrogen-bond acceptors (Lipinski definition) is 4. The highest BCUT2D eigenvalue weighted by atomic mass is 16.5. The van der Waals surface area contributed by atoms with Crippen LogP contribution >= 0.6 is 0 Å². The first-order valence-corrected chi connectivity index (χ1v) is 5.09. The number of nitrogens with one attached hydrogen (secondary N) is 1. The molecule has 1 unspecified atom stereocenters. The minimum absolute atomic E-state index is 0.172. The van der Waals surface area contributed by atoms with Crippen LogP contribution in [-0.4, -0.2) is 28.9 Å². The van der Waals surface area contributed by atoms with Crippen LogP contribution in [-0.2, 0) is 0 Å². The van der Waals surface area contributed by atoms with E-state index in [1.807, 2.05) is 0 Å². The molecule has 4 heteroatoms. The molecule has 4 nitrogen and oxygen atoms in total. The first kappa shape index (κ1) is 9.00. The molecule has 0 saturated carbocycles. The highest BCUT2D eigenvalue weighted by Gasteiger charge is 2.45. The fraction of sp³-hybridized carbons (Fsp3) is 0.455. The van der Waals surface area contributed by atoms with Gasteiger partial charge < -0.3 is 20.3 Å². The summed E-state index contributed by atoms with van der Waals surface area (Å²) in [6.07, 6.45) is 0.133. The molecule has 15 heavy (non-hydrogen) atoms. The number of phenolic OH excluding ortho intramolecular Hbond substituents is 1. The molecule has 2 aliphatic heterocycles. The van der Waals surface area contributed by atoms with Crippen LogP contribution in [0.2, 0.25) is 0 Å². The molecule has 1 fully saturated rings. The van der Waals surface area contributed by atoms with Gasteiger partial charge in [-0.2, -0.15) is 0 Å². The Hall–Kier alpha value is -1.26. The van der Waals surface area contributed by atoms with Crippen molar-refractivity contribution >= 4 is 0 Å². The lowest BCUT2D eigenvalue weighted by Gasteiger charge is -2.47. The molecular formula is C11H13NO3. The number of fused-ring (bicyclic) bond motifs is 1. The molecular weight excluding hydrogens is 194 g/mol. The van der Waals surface area contributed by atoms with Gasteiger partial charge >= 0.3 is 0 Å². The van der Waals surface area contributed by atoms with E-state index >= 15 is 0 Å². The molecule has 0 aromatic heterocycles. The zero-order valence-corrected chi connectivity index (χ0v) is 8.23. The fourth-order valence-electron chi connectivity index (χ4n) is 2.24. The van der Waals surface area contributed by atoms with Crippen LogP contribution in [0.4, 0.5) is 0 Å². The second-order valence-electron chi connectivity index (χ2n) is 4.33. The Morgan fingerprint density at radius 1 is 1.40 bits per heavy atom. The summed E-state index contributed by atoms with van der Waals surface area (Å²) in [5, 5.41) is 22.5. The molecule has 2 heterocycles. The van der Waals surface area contributed by atoms with E-state index < -0.39 is 6.10 Å². The summed E-state index contributed by atoms with van der Waals surface area (Å²) in [7, 11) is 0. The normalized spacial score (nSPS) is 26.6. The van der Waals surface area contributed by atoms with E-state index in [1.165, 1.54) is 0 Å². The second kappa shape index (κ2) is 2.87. The first-order chi connectivity index (χ1) is 7.19. The second-order valence-corrected chi connectivity index (χ2v) is 4.33. The molecule has 1 atom stereocenters. The van der Waals surface area contributed by atoms with E-state index in [1.54, 1.807) is 18.2 Å². The number of ether oxygens (including phenoxy) is 1. The summed E-state index contributed by atoms with van der Waals surface area (Å²) >= 11 is 0. The molecule has 0 aliphatic carbocycles. The number of benzene rings is 1. The topological polar surface area (TPSA) is 61.7 Å². The lowest BCUT2D eigenvalue weighted by atomic mass is 9.84. The summed E-state index contributed by atoms with van der Waals surface area (Å²) in [6.45, 7) is 1.53. The lowest BCUT2D eigenvalue weighted by Crippen LogP contribution is -2.64. The summed E-state index contributed by atoms with van der Waals surface area (Å²) in [5.41, 5.74) is 0.505. The number of rotatable bonds is 0. The summed E-state index contributed by atoms with van der Waals surface area (Å²) < 4.78 is 5.82. The summed E-state index contributed by atoms with van der Waals surface area (Å²) in [6, 6.07) is 4.86. The molecule has 1 saturated heterocycles. The Morgan fingerprint density at radius 2 is 2.20 bits per heavy atom. The van der Waals surface area contributed by atoms with E-state index in [0.717, 1.165) is 18.7 Å². The van der Waals surface area contributed by atoms with Gasteiger partial charge in [0.25, 0.3) is 0 Å². The quantitative estimate of drug-likeness (QED) is 0.581. The third kappa shape index (κ3) is 1.29. The van der Waals surface area contributed by atoms with Gasteiger partial charge in [-0.15, -0.1) is 0 Å². The smallest absolute Gasteiger partial charge is 0.136 e.